The summed E-state index contributed by atoms with van der Waals surface area (Å²) < 4.78 is 32.8. The largest absolute Gasteiger partial charge is 0.420 e. The molecular formula is C28H32F2O2. The van der Waals surface area contributed by atoms with Gasteiger partial charge < -0.3 is 4.74 Å². The monoisotopic (exact) mass is 438 g/mol. The molecule has 0 aliphatic heterocycles. The van der Waals surface area contributed by atoms with E-state index in [2.05, 4.69) is 6.58 Å². The summed E-state index contributed by atoms with van der Waals surface area (Å²) in [6.45, 7) is 5.32. The fourth-order valence-electron chi connectivity index (χ4n) is 5.66. The van der Waals surface area contributed by atoms with E-state index in [0.717, 1.165) is 24.2 Å². The molecule has 2 fully saturated rings. The number of fused-ring (bicyclic) bond motifs is 1. The van der Waals surface area contributed by atoms with Crippen molar-refractivity contribution in [3.05, 3.63) is 77.4 Å². The predicted molar refractivity (Wildman–Crippen MR) is 123 cm³/mol. The van der Waals surface area contributed by atoms with Crippen LogP contribution in [0.4, 0.5) is 8.78 Å². The lowest BCUT2D eigenvalue weighted by Crippen LogP contribution is -2.30. The second kappa shape index (κ2) is 9.97. The van der Waals surface area contributed by atoms with Crippen molar-refractivity contribution in [3.63, 3.8) is 0 Å². The molecule has 2 aromatic carbocycles. The number of halogens is 2. The van der Waals surface area contributed by atoms with Crippen LogP contribution in [0.3, 0.4) is 0 Å². The molecule has 2 nitrogen and oxygen atoms in total. The molecule has 2 aromatic rings. The molecular weight excluding hydrogens is 406 g/mol. The van der Waals surface area contributed by atoms with E-state index >= 15 is 0 Å². The maximum atomic E-state index is 14.0. The van der Waals surface area contributed by atoms with Crippen LogP contribution in [-0.2, 0) is 0 Å². The van der Waals surface area contributed by atoms with Crippen LogP contribution in [0, 0.1) is 36.3 Å². The summed E-state index contributed by atoms with van der Waals surface area (Å²) in [4.78, 5) is 12.4. The van der Waals surface area contributed by atoms with Gasteiger partial charge in [-0.25, -0.2) is 9.18 Å². The first-order valence-corrected chi connectivity index (χ1v) is 11.8. The number of rotatable bonds is 6. The van der Waals surface area contributed by atoms with Crippen molar-refractivity contribution in [1.82, 2.24) is 0 Å². The van der Waals surface area contributed by atoms with E-state index in [9.17, 15) is 13.6 Å². The van der Waals surface area contributed by atoms with Crippen molar-refractivity contribution in [2.75, 3.05) is 0 Å². The molecule has 2 aliphatic carbocycles. The van der Waals surface area contributed by atoms with E-state index in [1.54, 1.807) is 12.1 Å². The molecule has 0 bridgehead atoms. The summed E-state index contributed by atoms with van der Waals surface area (Å²) in [5.74, 6) is -0.143. The number of esters is 1. The van der Waals surface area contributed by atoms with Crippen LogP contribution in [0.2, 0.25) is 0 Å². The highest BCUT2D eigenvalue weighted by Gasteiger charge is 2.35. The Morgan fingerprint density at radius 2 is 1.72 bits per heavy atom. The molecule has 4 atom stereocenters. The van der Waals surface area contributed by atoms with Crippen LogP contribution in [0.1, 0.15) is 78.8 Å². The number of ether oxygens (including phenoxy) is 1. The van der Waals surface area contributed by atoms with Gasteiger partial charge in [-0.1, -0.05) is 30.7 Å². The molecule has 170 valence electrons. The Bertz CT molecular complexity index is 966. The van der Waals surface area contributed by atoms with Crippen LogP contribution in [0.25, 0.3) is 0 Å². The number of aryl methyl sites for hydroxylation is 1. The third-order valence-corrected chi connectivity index (χ3v) is 7.56. The molecule has 2 saturated carbocycles. The van der Waals surface area contributed by atoms with Gasteiger partial charge in [0.2, 0.25) is 5.82 Å². The predicted octanol–water partition coefficient (Wildman–Crippen LogP) is 7.76. The average Bonchev–Trinajstić information content (AvgIpc) is 2.82. The molecule has 0 amide bonds. The molecule has 4 rings (SSSR count). The van der Waals surface area contributed by atoms with Crippen molar-refractivity contribution in [3.8, 4) is 5.75 Å². The minimum absolute atomic E-state index is 0.173. The van der Waals surface area contributed by atoms with Crippen LogP contribution < -0.4 is 4.74 Å². The van der Waals surface area contributed by atoms with E-state index in [1.165, 1.54) is 69.6 Å². The number of hydrogen-bond acceptors (Lipinski definition) is 2. The van der Waals surface area contributed by atoms with Gasteiger partial charge in [-0.3, -0.25) is 0 Å². The molecule has 2 aliphatic rings. The molecule has 4 unspecified atom stereocenters. The number of carbonyl (C=O) groups is 1. The maximum absolute atomic E-state index is 14.0. The quantitative estimate of drug-likeness (QED) is 0.262. The van der Waals surface area contributed by atoms with Gasteiger partial charge in [0.1, 0.15) is 0 Å². The summed E-state index contributed by atoms with van der Waals surface area (Å²) in [6, 6.07) is 10.1. The third kappa shape index (κ3) is 4.95. The van der Waals surface area contributed by atoms with Crippen LogP contribution in [0.15, 0.2) is 49.1 Å². The van der Waals surface area contributed by atoms with E-state index in [1.807, 2.05) is 18.2 Å². The highest BCUT2D eigenvalue weighted by Crippen LogP contribution is 2.48. The molecule has 32 heavy (non-hydrogen) atoms. The zero-order chi connectivity index (χ0) is 22.7. The highest BCUT2D eigenvalue weighted by atomic mass is 19.2. The van der Waals surface area contributed by atoms with Crippen molar-refractivity contribution < 1.29 is 18.3 Å². The molecule has 0 radical (unpaired) electrons. The minimum atomic E-state index is -1.13. The Morgan fingerprint density at radius 3 is 2.47 bits per heavy atom. The lowest BCUT2D eigenvalue weighted by atomic mass is 9.63. The Balaban J connectivity index is 1.36. The summed E-state index contributed by atoms with van der Waals surface area (Å²) >= 11 is 0. The normalized spacial score (nSPS) is 25.1. The molecule has 0 N–H and O–H groups in total. The second-order valence-electron chi connectivity index (χ2n) is 9.60. The maximum Gasteiger partial charge on any atom is 0.343 e. The Hall–Kier alpha value is -2.49. The first-order valence-electron chi connectivity index (χ1n) is 11.8. The molecule has 4 heteroatoms. The van der Waals surface area contributed by atoms with Gasteiger partial charge in [0.25, 0.3) is 0 Å². The fourth-order valence-corrected chi connectivity index (χ4v) is 5.66. The van der Waals surface area contributed by atoms with Gasteiger partial charge in [0.15, 0.2) is 11.6 Å². The van der Waals surface area contributed by atoms with E-state index in [4.69, 9.17) is 4.74 Å². The number of benzene rings is 2. The topological polar surface area (TPSA) is 26.3 Å². The van der Waals surface area contributed by atoms with Crippen molar-refractivity contribution in [2.24, 2.45) is 17.8 Å². The van der Waals surface area contributed by atoms with E-state index in [0.29, 0.717) is 11.5 Å². The van der Waals surface area contributed by atoms with Gasteiger partial charge in [0, 0.05) is 0 Å². The van der Waals surface area contributed by atoms with Crippen molar-refractivity contribution in [1.29, 1.82) is 0 Å². The summed E-state index contributed by atoms with van der Waals surface area (Å²) in [5, 5.41) is 0. The van der Waals surface area contributed by atoms with Crippen LogP contribution in [-0.4, -0.2) is 5.97 Å². The molecule has 0 heterocycles. The van der Waals surface area contributed by atoms with E-state index in [-0.39, 0.29) is 11.3 Å². The van der Waals surface area contributed by atoms with Gasteiger partial charge in [-0.15, -0.1) is 6.58 Å². The van der Waals surface area contributed by atoms with Crippen LogP contribution >= 0.6 is 0 Å². The summed E-state index contributed by atoms with van der Waals surface area (Å²) in [5.41, 5.74) is 1.76. The zero-order valence-corrected chi connectivity index (χ0v) is 18.8. The number of hydrogen-bond donors (Lipinski definition) is 0. The second-order valence-corrected chi connectivity index (χ2v) is 9.60. The first-order chi connectivity index (χ1) is 15.5. The van der Waals surface area contributed by atoms with E-state index < -0.39 is 17.6 Å². The summed E-state index contributed by atoms with van der Waals surface area (Å²) in [6.07, 6.45) is 12.2. The fraction of sp³-hybridized carbons (Fsp3) is 0.464. The smallest absolute Gasteiger partial charge is 0.343 e. The SMILES string of the molecule is C=CCCC1CCC2CC(c3ccc(C(=O)Oc4ccc(C)c(F)c4F)cc3)CCC2C1. The number of allylic oxidation sites excluding steroid dienone is 1. The summed E-state index contributed by atoms with van der Waals surface area (Å²) in [7, 11) is 0. The average molecular weight is 439 g/mol. The minimum Gasteiger partial charge on any atom is -0.420 e. The lowest BCUT2D eigenvalue weighted by Gasteiger charge is -2.42. The standard InChI is InChI=1S/C28H32F2O2/c1-3-4-5-19-7-8-24-17-23(14-13-22(24)16-19)20-9-11-21(12-10-20)28(31)32-25-15-6-18(2)26(29)27(25)30/h3,6,9-12,15,19,22-24H,1,4-5,7-8,13-14,16-17H2,2H3. The number of carbonyl (C=O) groups excluding carboxylic acids is 1. The first kappa shape index (κ1) is 22.7. The van der Waals surface area contributed by atoms with Crippen LogP contribution in [0.5, 0.6) is 5.75 Å². The molecule has 0 spiro atoms. The van der Waals surface area contributed by atoms with Crippen molar-refractivity contribution >= 4 is 5.97 Å². The Kier molecular flexibility index (Phi) is 7.07. The molecule has 0 aromatic heterocycles. The lowest BCUT2D eigenvalue weighted by molar-refractivity contribution is 0.0726. The Labute approximate surface area is 189 Å². The van der Waals surface area contributed by atoms with Gasteiger partial charge in [-0.2, -0.15) is 4.39 Å². The Morgan fingerprint density at radius 1 is 1.00 bits per heavy atom. The van der Waals surface area contributed by atoms with Gasteiger partial charge in [0.05, 0.1) is 5.56 Å². The highest BCUT2D eigenvalue weighted by molar-refractivity contribution is 5.91. The van der Waals surface area contributed by atoms with Gasteiger partial charge in [-0.05, 0) is 105 Å². The third-order valence-electron chi connectivity index (χ3n) is 7.56. The van der Waals surface area contributed by atoms with Gasteiger partial charge >= 0.3 is 5.97 Å². The molecule has 0 saturated heterocycles. The zero-order valence-electron chi connectivity index (χ0n) is 18.8. The van der Waals surface area contributed by atoms with Crippen molar-refractivity contribution in [2.45, 2.75) is 64.2 Å².